The van der Waals surface area contributed by atoms with Crippen molar-refractivity contribution in [3.05, 3.63) is 0 Å². The Balaban J connectivity index is 0.000000461. The molecule has 0 aromatic heterocycles. The van der Waals surface area contributed by atoms with Crippen LogP contribution in [0.2, 0.25) is 0 Å². The first kappa shape index (κ1) is 12.1. The highest BCUT2D eigenvalue weighted by atomic mass is 14.5. The SMILES string of the molecule is CC.CCCC1C2CCC(C2)C1CC. The maximum absolute atomic E-state index is 2.40. The van der Waals surface area contributed by atoms with Crippen molar-refractivity contribution in [2.24, 2.45) is 23.7 Å². The van der Waals surface area contributed by atoms with Gasteiger partial charge >= 0.3 is 0 Å². The van der Waals surface area contributed by atoms with E-state index in [-0.39, 0.29) is 0 Å². The standard InChI is InChI=1S/C12H22.C2H6/c1-3-5-12-10-7-6-9(8-10)11(12)4-2;1-2/h9-12H,3-8H2,1-2H3;1-2H3. The van der Waals surface area contributed by atoms with Crippen LogP contribution in [0.4, 0.5) is 0 Å². The van der Waals surface area contributed by atoms with Crippen molar-refractivity contribution in [3.63, 3.8) is 0 Å². The Morgan fingerprint density at radius 3 is 2.00 bits per heavy atom. The summed E-state index contributed by atoms with van der Waals surface area (Å²) in [6.45, 7) is 8.74. The molecular formula is C14H28. The lowest BCUT2D eigenvalue weighted by molar-refractivity contribution is 0.201. The topological polar surface area (TPSA) is 0 Å². The molecule has 0 N–H and O–H groups in total. The quantitative estimate of drug-likeness (QED) is 0.603. The molecule has 0 saturated heterocycles. The molecule has 4 atom stereocenters. The number of rotatable bonds is 3. The molecule has 14 heavy (non-hydrogen) atoms. The normalized spacial score (nSPS) is 39.4. The maximum Gasteiger partial charge on any atom is -0.0355 e. The summed E-state index contributed by atoms with van der Waals surface area (Å²) in [5.41, 5.74) is 0. The highest BCUT2D eigenvalue weighted by Gasteiger charge is 2.45. The summed E-state index contributed by atoms with van der Waals surface area (Å²) in [7, 11) is 0. The highest BCUT2D eigenvalue weighted by Crippen LogP contribution is 2.54. The van der Waals surface area contributed by atoms with Crippen LogP contribution in [-0.4, -0.2) is 0 Å². The van der Waals surface area contributed by atoms with Gasteiger partial charge in [0.05, 0.1) is 0 Å². The molecule has 2 saturated carbocycles. The van der Waals surface area contributed by atoms with Crippen molar-refractivity contribution in [2.75, 3.05) is 0 Å². The molecule has 0 amide bonds. The third-order valence-electron chi connectivity index (χ3n) is 4.37. The molecule has 0 nitrogen and oxygen atoms in total. The van der Waals surface area contributed by atoms with Gasteiger partial charge in [0.15, 0.2) is 0 Å². The van der Waals surface area contributed by atoms with Gasteiger partial charge in [-0.3, -0.25) is 0 Å². The van der Waals surface area contributed by atoms with Crippen LogP contribution in [0.5, 0.6) is 0 Å². The summed E-state index contributed by atoms with van der Waals surface area (Å²) in [5, 5.41) is 0. The second-order valence-corrected chi connectivity index (χ2v) is 4.86. The summed E-state index contributed by atoms with van der Waals surface area (Å²) in [5.74, 6) is 4.51. The van der Waals surface area contributed by atoms with Gasteiger partial charge in [-0.2, -0.15) is 0 Å². The molecule has 0 aliphatic heterocycles. The van der Waals surface area contributed by atoms with Gasteiger partial charge in [0.1, 0.15) is 0 Å². The Hall–Kier alpha value is 0. The van der Waals surface area contributed by atoms with E-state index >= 15 is 0 Å². The van der Waals surface area contributed by atoms with E-state index in [0.717, 1.165) is 23.7 Å². The van der Waals surface area contributed by atoms with Gasteiger partial charge in [-0.1, -0.05) is 47.0 Å². The van der Waals surface area contributed by atoms with E-state index in [1.54, 1.807) is 19.3 Å². The van der Waals surface area contributed by atoms with E-state index in [0.29, 0.717) is 0 Å². The van der Waals surface area contributed by atoms with E-state index in [1.165, 1.54) is 19.3 Å². The average Bonchev–Trinajstić information content (AvgIpc) is 2.81. The minimum absolute atomic E-state index is 1.11. The Labute approximate surface area is 90.5 Å². The predicted octanol–water partition coefficient (Wildman–Crippen LogP) is 4.89. The molecule has 2 rings (SSSR count). The molecule has 0 spiro atoms. The first-order chi connectivity index (χ1) is 6.86. The minimum atomic E-state index is 1.11. The molecular weight excluding hydrogens is 168 g/mol. The van der Waals surface area contributed by atoms with Crippen LogP contribution in [0, 0.1) is 23.7 Å². The van der Waals surface area contributed by atoms with Gasteiger partial charge in [-0.05, 0) is 42.9 Å². The van der Waals surface area contributed by atoms with Crippen molar-refractivity contribution in [2.45, 2.75) is 66.2 Å². The van der Waals surface area contributed by atoms with Gasteiger partial charge in [-0.25, -0.2) is 0 Å². The van der Waals surface area contributed by atoms with Gasteiger partial charge in [0, 0.05) is 0 Å². The zero-order valence-corrected chi connectivity index (χ0v) is 10.6. The van der Waals surface area contributed by atoms with Crippen LogP contribution in [0.1, 0.15) is 66.2 Å². The fraction of sp³-hybridized carbons (Fsp3) is 1.00. The van der Waals surface area contributed by atoms with Crippen LogP contribution in [0.25, 0.3) is 0 Å². The molecule has 2 aliphatic rings. The van der Waals surface area contributed by atoms with E-state index in [1.807, 2.05) is 13.8 Å². The lowest BCUT2D eigenvalue weighted by Crippen LogP contribution is -2.21. The van der Waals surface area contributed by atoms with E-state index in [9.17, 15) is 0 Å². The van der Waals surface area contributed by atoms with Crippen LogP contribution in [0.15, 0.2) is 0 Å². The van der Waals surface area contributed by atoms with Crippen molar-refractivity contribution in [1.82, 2.24) is 0 Å². The third-order valence-corrected chi connectivity index (χ3v) is 4.37. The summed E-state index contributed by atoms with van der Waals surface area (Å²) in [6.07, 6.45) is 9.08. The van der Waals surface area contributed by atoms with E-state index in [2.05, 4.69) is 13.8 Å². The Bertz CT molecular complexity index is 150. The van der Waals surface area contributed by atoms with Gasteiger partial charge in [0.2, 0.25) is 0 Å². The molecule has 0 aromatic rings. The summed E-state index contributed by atoms with van der Waals surface area (Å²) >= 11 is 0. The lowest BCUT2D eigenvalue weighted by atomic mass is 9.76. The largest absolute Gasteiger partial charge is 0.0683 e. The number of fused-ring (bicyclic) bond motifs is 2. The van der Waals surface area contributed by atoms with E-state index in [4.69, 9.17) is 0 Å². The molecule has 2 fully saturated rings. The summed E-state index contributed by atoms with van der Waals surface area (Å²) in [4.78, 5) is 0. The summed E-state index contributed by atoms with van der Waals surface area (Å²) < 4.78 is 0. The zero-order chi connectivity index (χ0) is 10.6. The number of hydrogen-bond donors (Lipinski definition) is 0. The predicted molar refractivity (Wildman–Crippen MR) is 64.4 cm³/mol. The van der Waals surface area contributed by atoms with E-state index < -0.39 is 0 Å². The Morgan fingerprint density at radius 1 is 0.929 bits per heavy atom. The van der Waals surface area contributed by atoms with Crippen molar-refractivity contribution in [1.29, 1.82) is 0 Å². The second-order valence-electron chi connectivity index (χ2n) is 4.86. The fourth-order valence-electron chi connectivity index (χ4n) is 3.95. The van der Waals surface area contributed by atoms with Gasteiger partial charge in [0.25, 0.3) is 0 Å². The van der Waals surface area contributed by atoms with Gasteiger partial charge < -0.3 is 0 Å². The van der Waals surface area contributed by atoms with Crippen LogP contribution in [0.3, 0.4) is 0 Å². The average molecular weight is 196 g/mol. The fourth-order valence-corrected chi connectivity index (χ4v) is 3.95. The monoisotopic (exact) mass is 196 g/mol. The zero-order valence-electron chi connectivity index (χ0n) is 10.6. The Kier molecular flexibility index (Phi) is 4.98. The molecule has 0 heterocycles. The number of hydrogen-bond acceptors (Lipinski definition) is 0. The van der Waals surface area contributed by atoms with Crippen molar-refractivity contribution in [3.8, 4) is 0 Å². The first-order valence-corrected chi connectivity index (χ1v) is 6.86. The van der Waals surface area contributed by atoms with Crippen LogP contribution in [-0.2, 0) is 0 Å². The molecule has 0 radical (unpaired) electrons. The molecule has 2 aliphatic carbocycles. The van der Waals surface area contributed by atoms with Crippen molar-refractivity contribution >= 4 is 0 Å². The first-order valence-electron chi connectivity index (χ1n) is 6.86. The van der Waals surface area contributed by atoms with Crippen LogP contribution < -0.4 is 0 Å². The molecule has 84 valence electrons. The lowest BCUT2D eigenvalue weighted by Gasteiger charge is -2.30. The molecule has 0 aromatic carbocycles. The Morgan fingerprint density at radius 2 is 1.50 bits per heavy atom. The second kappa shape index (κ2) is 5.78. The van der Waals surface area contributed by atoms with Crippen molar-refractivity contribution < 1.29 is 0 Å². The molecule has 2 bridgehead atoms. The van der Waals surface area contributed by atoms with Crippen LogP contribution >= 0.6 is 0 Å². The third kappa shape index (κ3) is 2.15. The smallest absolute Gasteiger partial charge is 0.0355 e. The van der Waals surface area contributed by atoms with Gasteiger partial charge in [-0.15, -0.1) is 0 Å². The molecule has 4 unspecified atom stereocenters. The maximum atomic E-state index is 2.40. The minimum Gasteiger partial charge on any atom is -0.0683 e. The highest BCUT2D eigenvalue weighted by molar-refractivity contribution is 4.95. The molecule has 0 heteroatoms. The summed E-state index contributed by atoms with van der Waals surface area (Å²) in [6, 6.07) is 0.